The molecular weight excluding hydrogens is 384 g/mol. The Morgan fingerprint density at radius 2 is 1.79 bits per heavy atom. The van der Waals surface area contributed by atoms with E-state index >= 15 is 0 Å². The van der Waals surface area contributed by atoms with Crippen molar-refractivity contribution in [2.24, 2.45) is 0 Å². The number of piperidine rings is 1. The molecule has 1 aliphatic rings. The molecular formula is C19H28N2O6S. The summed E-state index contributed by atoms with van der Waals surface area (Å²) in [4.78, 5) is 25.2. The minimum absolute atomic E-state index is 0.00838. The number of benzene rings is 1. The molecule has 0 aliphatic carbocycles. The lowest BCUT2D eigenvalue weighted by Crippen LogP contribution is -2.46. The molecule has 28 heavy (non-hydrogen) atoms. The average molecular weight is 413 g/mol. The number of aromatic carboxylic acids is 1. The maximum Gasteiger partial charge on any atom is 0.407 e. The zero-order valence-electron chi connectivity index (χ0n) is 16.9. The number of alkyl carbamates (subject to hydrolysis) is 1. The molecule has 2 rings (SSSR count). The average Bonchev–Trinajstić information content (AvgIpc) is 2.52. The number of amides is 1. The third-order valence-corrected chi connectivity index (χ3v) is 5.62. The molecule has 1 aliphatic heterocycles. The van der Waals surface area contributed by atoms with E-state index in [1.165, 1.54) is 6.07 Å². The first-order chi connectivity index (χ1) is 12.8. The van der Waals surface area contributed by atoms with Crippen LogP contribution in [0.3, 0.4) is 0 Å². The molecule has 0 unspecified atom stereocenters. The molecule has 1 heterocycles. The van der Waals surface area contributed by atoms with Gasteiger partial charge in [0.1, 0.15) is 5.60 Å². The minimum atomic E-state index is -3.60. The van der Waals surface area contributed by atoms with E-state index in [2.05, 4.69) is 5.32 Å². The SMILES string of the molecule is Cc1cc(N2CCC(NC(=O)OC(C)(C)C)CC2)c(S(C)(=O)=O)cc1C(=O)O. The lowest BCUT2D eigenvalue weighted by Gasteiger charge is -2.35. The quantitative estimate of drug-likeness (QED) is 0.781. The second-order valence-corrected chi connectivity index (χ2v) is 10.1. The highest BCUT2D eigenvalue weighted by atomic mass is 32.2. The molecule has 1 aromatic carbocycles. The Balaban J connectivity index is 2.17. The second-order valence-electron chi connectivity index (χ2n) is 8.12. The van der Waals surface area contributed by atoms with Gasteiger partial charge in [-0.15, -0.1) is 0 Å². The van der Waals surface area contributed by atoms with Crippen molar-refractivity contribution < 1.29 is 27.9 Å². The van der Waals surface area contributed by atoms with Crippen LogP contribution in [0.4, 0.5) is 10.5 Å². The third kappa shape index (κ3) is 5.60. The number of carbonyl (C=O) groups excluding carboxylic acids is 1. The molecule has 0 spiro atoms. The van der Waals surface area contributed by atoms with Gasteiger partial charge >= 0.3 is 12.1 Å². The van der Waals surface area contributed by atoms with Crippen LogP contribution in [-0.2, 0) is 14.6 Å². The normalized spacial score (nSPS) is 16.0. The maximum atomic E-state index is 12.2. The highest BCUT2D eigenvalue weighted by molar-refractivity contribution is 7.90. The Morgan fingerprint density at radius 1 is 1.21 bits per heavy atom. The number of hydrogen-bond donors (Lipinski definition) is 2. The van der Waals surface area contributed by atoms with Crippen molar-refractivity contribution in [1.29, 1.82) is 0 Å². The zero-order chi connectivity index (χ0) is 21.3. The molecule has 0 bridgehead atoms. The van der Waals surface area contributed by atoms with E-state index in [-0.39, 0.29) is 16.5 Å². The summed E-state index contributed by atoms with van der Waals surface area (Å²) < 4.78 is 29.7. The van der Waals surface area contributed by atoms with Crippen molar-refractivity contribution in [3.8, 4) is 0 Å². The summed E-state index contributed by atoms with van der Waals surface area (Å²) in [6, 6.07) is 2.78. The van der Waals surface area contributed by atoms with Crippen LogP contribution in [0.15, 0.2) is 17.0 Å². The van der Waals surface area contributed by atoms with Crippen molar-refractivity contribution in [3.05, 3.63) is 23.3 Å². The van der Waals surface area contributed by atoms with Gasteiger partial charge in [-0.25, -0.2) is 18.0 Å². The first-order valence-electron chi connectivity index (χ1n) is 9.10. The number of carboxylic acids is 1. The van der Waals surface area contributed by atoms with Crippen LogP contribution in [-0.4, -0.2) is 56.6 Å². The largest absolute Gasteiger partial charge is 0.478 e. The molecule has 0 atom stereocenters. The standard InChI is InChI=1S/C19H28N2O6S/c1-12-10-15(16(28(5,25)26)11-14(12)17(22)23)21-8-6-13(7-9-21)20-18(24)27-19(2,3)4/h10-11,13H,6-9H2,1-5H3,(H,20,24)(H,22,23). The summed E-state index contributed by atoms with van der Waals surface area (Å²) in [7, 11) is -3.60. The van der Waals surface area contributed by atoms with Crippen LogP contribution in [0.5, 0.6) is 0 Å². The Bertz CT molecular complexity index is 865. The number of anilines is 1. The number of hydrogen-bond acceptors (Lipinski definition) is 6. The van der Waals surface area contributed by atoms with Gasteiger partial charge in [0, 0.05) is 25.4 Å². The van der Waals surface area contributed by atoms with Gasteiger partial charge in [0.15, 0.2) is 9.84 Å². The lowest BCUT2D eigenvalue weighted by molar-refractivity contribution is 0.0496. The van der Waals surface area contributed by atoms with E-state index in [0.717, 1.165) is 6.26 Å². The van der Waals surface area contributed by atoms with Gasteiger partial charge in [0.05, 0.1) is 16.1 Å². The first-order valence-corrected chi connectivity index (χ1v) is 11.0. The minimum Gasteiger partial charge on any atom is -0.478 e. The van der Waals surface area contributed by atoms with Gasteiger partial charge in [-0.2, -0.15) is 0 Å². The highest BCUT2D eigenvalue weighted by Crippen LogP contribution is 2.31. The number of ether oxygens (including phenoxy) is 1. The van der Waals surface area contributed by atoms with Crippen LogP contribution in [0.1, 0.15) is 49.5 Å². The van der Waals surface area contributed by atoms with E-state index < -0.39 is 27.5 Å². The van der Waals surface area contributed by atoms with Crippen molar-refractivity contribution in [3.63, 3.8) is 0 Å². The van der Waals surface area contributed by atoms with E-state index in [4.69, 9.17) is 4.74 Å². The first kappa shape index (κ1) is 22.0. The molecule has 1 saturated heterocycles. The Labute approximate surface area is 165 Å². The maximum absolute atomic E-state index is 12.2. The molecule has 8 nitrogen and oxygen atoms in total. The topological polar surface area (TPSA) is 113 Å². The third-order valence-electron chi connectivity index (χ3n) is 4.49. The number of rotatable bonds is 4. The molecule has 2 N–H and O–H groups in total. The summed E-state index contributed by atoms with van der Waals surface area (Å²) in [5.74, 6) is -1.16. The summed E-state index contributed by atoms with van der Waals surface area (Å²) in [5.41, 5.74) is 0.411. The van der Waals surface area contributed by atoms with Crippen molar-refractivity contribution in [2.75, 3.05) is 24.2 Å². The Morgan fingerprint density at radius 3 is 2.25 bits per heavy atom. The van der Waals surface area contributed by atoms with E-state index in [9.17, 15) is 23.1 Å². The number of carboxylic acid groups (broad SMARTS) is 1. The van der Waals surface area contributed by atoms with Gasteiger partial charge in [-0.05, 0) is 58.2 Å². The molecule has 0 aromatic heterocycles. The van der Waals surface area contributed by atoms with Gasteiger partial charge in [-0.1, -0.05) is 0 Å². The van der Waals surface area contributed by atoms with Crippen LogP contribution in [0, 0.1) is 6.92 Å². The molecule has 156 valence electrons. The smallest absolute Gasteiger partial charge is 0.407 e. The van der Waals surface area contributed by atoms with Crippen molar-refractivity contribution in [2.45, 2.75) is 57.1 Å². The molecule has 0 radical (unpaired) electrons. The van der Waals surface area contributed by atoms with Crippen LogP contribution in [0.25, 0.3) is 0 Å². The van der Waals surface area contributed by atoms with E-state index in [0.29, 0.717) is 37.2 Å². The van der Waals surface area contributed by atoms with Gasteiger partial charge in [0.25, 0.3) is 0 Å². The number of aryl methyl sites for hydroxylation is 1. The Hall–Kier alpha value is -2.29. The summed E-state index contributed by atoms with van der Waals surface area (Å²) in [6.45, 7) is 8.11. The number of nitrogens with one attached hydrogen (secondary N) is 1. The fraction of sp³-hybridized carbons (Fsp3) is 0.579. The lowest BCUT2D eigenvalue weighted by atomic mass is 10.0. The number of sulfone groups is 1. The fourth-order valence-corrected chi connectivity index (χ4v) is 4.09. The monoisotopic (exact) mass is 412 g/mol. The predicted molar refractivity (Wildman–Crippen MR) is 106 cm³/mol. The van der Waals surface area contributed by atoms with Gasteiger partial charge in [-0.3, -0.25) is 0 Å². The van der Waals surface area contributed by atoms with Gasteiger partial charge < -0.3 is 20.1 Å². The second kappa shape index (κ2) is 7.98. The van der Waals surface area contributed by atoms with Gasteiger partial charge in [0.2, 0.25) is 0 Å². The summed E-state index contributed by atoms with van der Waals surface area (Å²) in [6.07, 6.45) is 1.86. The molecule has 1 aromatic rings. The number of nitrogens with zero attached hydrogens (tertiary/aromatic N) is 1. The van der Waals surface area contributed by atoms with Crippen molar-refractivity contribution in [1.82, 2.24) is 5.32 Å². The summed E-state index contributed by atoms with van der Waals surface area (Å²) >= 11 is 0. The highest BCUT2D eigenvalue weighted by Gasteiger charge is 2.27. The van der Waals surface area contributed by atoms with Crippen molar-refractivity contribution >= 4 is 27.6 Å². The number of carbonyl (C=O) groups is 2. The molecule has 1 fully saturated rings. The fourth-order valence-electron chi connectivity index (χ4n) is 3.19. The molecule has 1 amide bonds. The summed E-state index contributed by atoms with van der Waals surface area (Å²) in [5, 5.41) is 12.1. The van der Waals surface area contributed by atoms with Crippen LogP contribution < -0.4 is 10.2 Å². The Kier molecular flexibility index (Phi) is 6.27. The van der Waals surface area contributed by atoms with E-state index in [1.54, 1.807) is 33.8 Å². The van der Waals surface area contributed by atoms with E-state index in [1.807, 2.05) is 4.90 Å². The van der Waals surface area contributed by atoms with Crippen LogP contribution in [0.2, 0.25) is 0 Å². The molecule has 0 saturated carbocycles. The zero-order valence-corrected chi connectivity index (χ0v) is 17.7. The van der Waals surface area contributed by atoms with Crippen LogP contribution >= 0.6 is 0 Å². The molecule has 9 heteroatoms. The predicted octanol–water partition coefficient (Wildman–Crippen LogP) is 2.59.